The van der Waals surface area contributed by atoms with Crippen LogP contribution in [0.3, 0.4) is 0 Å². The smallest absolute Gasteiger partial charge is 0.293 e. The number of nitrogens with zero attached hydrogens (tertiary/aromatic N) is 1. The third-order valence-corrected chi connectivity index (χ3v) is 5.41. The number of amides is 3. The van der Waals surface area contributed by atoms with Crippen molar-refractivity contribution < 1.29 is 14.4 Å². The van der Waals surface area contributed by atoms with Crippen molar-refractivity contribution in [1.29, 1.82) is 0 Å². The molecule has 0 aliphatic carbocycles. The summed E-state index contributed by atoms with van der Waals surface area (Å²) >= 11 is 0.896. The van der Waals surface area contributed by atoms with Crippen LogP contribution in [0.15, 0.2) is 72.8 Å². The van der Waals surface area contributed by atoms with Crippen LogP contribution in [0.2, 0.25) is 0 Å². The van der Waals surface area contributed by atoms with Gasteiger partial charge in [0.1, 0.15) is 5.25 Å². The van der Waals surface area contributed by atoms with Crippen molar-refractivity contribution in [3.8, 4) is 0 Å². The molecule has 134 valence electrons. The molecule has 1 fully saturated rings. The lowest BCUT2D eigenvalue weighted by Gasteiger charge is -2.14. The molecule has 3 aromatic carbocycles. The number of para-hydroxylation sites is 1. The molecule has 0 aromatic heterocycles. The maximum absolute atomic E-state index is 12.6. The van der Waals surface area contributed by atoms with Crippen molar-refractivity contribution in [2.24, 2.45) is 0 Å². The third kappa shape index (κ3) is 3.44. The van der Waals surface area contributed by atoms with Crippen molar-refractivity contribution >= 4 is 51.0 Å². The van der Waals surface area contributed by atoms with E-state index in [4.69, 9.17) is 0 Å². The molecule has 0 radical (unpaired) electrons. The van der Waals surface area contributed by atoms with Gasteiger partial charge in [0.15, 0.2) is 0 Å². The lowest BCUT2D eigenvalue weighted by Crippen LogP contribution is -2.32. The normalized spacial score (nSPS) is 16.7. The predicted molar refractivity (Wildman–Crippen MR) is 108 cm³/mol. The fraction of sp³-hybridized carbons (Fsp3) is 0.0952. The molecule has 0 saturated carbocycles. The molecule has 1 heterocycles. The summed E-state index contributed by atoms with van der Waals surface area (Å²) in [6.45, 7) is 0. The largest absolute Gasteiger partial charge is 0.325 e. The first kappa shape index (κ1) is 17.3. The second kappa shape index (κ2) is 7.25. The molecule has 3 aromatic rings. The third-order valence-electron chi connectivity index (χ3n) is 4.37. The zero-order chi connectivity index (χ0) is 18.8. The van der Waals surface area contributed by atoms with Crippen LogP contribution in [0.4, 0.5) is 16.2 Å². The van der Waals surface area contributed by atoms with Crippen LogP contribution in [0.5, 0.6) is 0 Å². The van der Waals surface area contributed by atoms with E-state index in [0.717, 1.165) is 27.4 Å². The van der Waals surface area contributed by atoms with Gasteiger partial charge in [0.25, 0.3) is 5.24 Å². The van der Waals surface area contributed by atoms with Crippen LogP contribution < -0.4 is 10.2 Å². The molecule has 1 aliphatic rings. The lowest BCUT2D eigenvalue weighted by atomic mass is 10.1. The van der Waals surface area contributed by atoms with E-state index in [0.29, 0.717) is 11.4 Å². The van der Waals surface area contributed by atoms with Crippen LogP contribution in [-0.4, -0.2) is 22.3 Å². The van der Waals surface area contributed by atoms with Crippen molar-refractivity contribution in [2.75, 3.05) is 10.2 Å². The number of benzene rings is 3. The van der Waals surface area contributed by atoms with Crippen molar-refractivity contribution in [3.63, 3.8) is 0 Å². The highest BCUT2D eigenvalue weighted by Gasteiger charge is 2.41. The zero-order valence-corrected chi connectivity index (χ0v) is 15.1. The van der Waals surface area contributed by atoms with E-state index < -0.39 is 5.25 Å². The first-order valence-corrected chi connectivity index (χ1v) is 9.39. The predicted octanol–water partition coefficient (Wildman–Crippen LogP) is 4.44. The van der Waals surface area contributed by atoms with E-state index in [1.165, 1.54) is 0 Å². The number of anilines is 2. The van der Waals surface area contributed by atoms with Gasteiger partial charge in [-0.1, -0.05) is 54.6 Å². The first-order chi connectivity index (χ1) is 13.1. The molecule has 1 atom stereocenters. The minimum Gasteiger partial charge on any atom is -0.325 e. The molecule has 1 N–H and O–H groups in total. The quantitative estimate of drug-likeness (QED) is 0.731. The van der Waals surface area contributed by atoms with Gasteiger partial charge in [-0.25, -0.2) is 4.90 Å². The number of carbonyl (C=O) groups excluding carboxylic acids is 3. The highest BCUT2D eigenvalue weighted by molar-refractivity contribution is 8.15. The SMILES string of the molecule is O=C(C[C@H]1SC(=O)N(c2ccccc2)C1=O)Nc1cccc2ccccc12. The number of nitrogens with one attached hydrogen (secondary N) is 1. The van der Waals surface area contributed by atoms with Gasteiger partial charge in [-0.05, 0) is 35.3 Å². The molecule has 27 heavy (non-hydrogen) atoms. The number of fused-ring (bicyclic) bond motifs is 1. The summed E-state index contributed by atoms with van der Waals surface area (Å²) < 4.78 is 0. The van der Waals surface area contributed by atoms with Crippen LogP contribution >= 0.6 is 11.8 Å². The maximum Gasteiger partial charge on any atom is 0.293 e. The van der Waals surface area contributed by atoms with E-state index in [-0.39, 0.29) is 23.5 Å². The topological polar surface area (TPSA) is 66.5 Å². The van der Waals surface area contributed by atoms with Crippen molar-refractivity contribution in [2.45, 2.75) is 11.7 Å². The van der Waals surface area contributed by atoms with Gasteiger partial charge in [-0.15, -0.1) is 0 Å². The Morgan fingerprint density at radius 3 is 2.44 bits per heavy atom. The molecular weight excluding hydrogens is 360 g/mol. The first-order valence-electron chi connectivity index (χ1n) is 8.51. The maximum atomic E-state index is 12.6. The van der Waals surface area contributed by atoms with Crippen LogP contribution in [0.25, 0.3) is 10.8 Å². The standard InChI is InChI=1S/C21H16N2O3S/c24-19(22-17-12-6-8-14-7-4-5-11-16(14)17)13-18-20(25)23(21(26)27-18)15-9-2-1-3-10-15/h1-12,18H,13H2,(H,22,24)/t18-/m1/s1. The minimum atomic E-state index is -0.715. The molecule has 5 nitrogen and oxygen atoms in total. The van der Waals surface area contributed by atoms with Gasteiger partial charge >= 0.3 is 0 Å². The van der Waals surface area contributed by atoms with E-state index in [1.807, 2.05) is 48.5 Å². The number of imide groups is 1. The van der Waals surface area contributed by atoms with Crippen LogP contribution in [0, 0.1) is 0 Å². The fourth-order valence-electron chi connectivity index (χ4n) is 3.10. The average molecular weight is 376 g/mol. The van der Waals surface area contributed by atoms with Crippen LogP contribution in [0.1, 0.15) is 6.42 Å². The second-order valence-electron chi connectivity index (χ2n) is 6.16. The Bertz CT molecular complexity index is 1030. The Kier molecular flexibility index (Phi) is 4.64. The Morgan fingerprint density at radius 1 is 0.926 bits per heavy atom. The van der Waals surface area contributed by atoms with Gasteiger partial charge in [-0.3, -0.25) is 14.4 Å². The van der Waals surface area contributed by atoms with Gasteiger partial charge < -0.3 is 5.32 Å². The van der Waals surface area contributed by atoms with E-state index in [2.05, 4.69) is 5.32 Å². The molecule has 1 saturated heterocycles. The summed E-state index contributed by atoms with van der Waals surface area (Å²) in [5.74, 6) is -0.649. The summed E-state index contributed by atoms with van der Waals surface area (Å²) in [6.07, 6.45) is -0.0538. The van der Waals surface area contributed by atoms with Gasteiger partial charge in [0, 0.05) is 17.5 Å². The van der Waals surface area contributed by atoms with Crippen LogP contribution in [-0.2, 0) is 9.59 Å². The molecule has 3 amide bonds. The molecule has 0 bridgehead atoms. The number of thioether (sulfide) groups is 1. The number of hydrogen-bond acceptors (Lipinski definition) is 4. The van der Waals surface area contributed by atoms with Crippen molar-refractivity contribution in [1.82, 2.24) is 0 Å². The Morgan fingerprint density at radius 2 is 1.63 bits per heavy atom. The van der Waals surface area contributed by atoms with Crippen molar-refractivity contribution in [3.05, 3.63) is 72.8 Å². The number of hydrogen-bond donors (Lipinski definition) is 1. The van der Waals surface area contributed by atoms with Gasteiger partial charge in [0.2, 0.25) is 11.8 Å². The van der Waals surface area contributed by atoms with E-state index in [9.17, 15) is 14.4 Å². The highest BCUT2D eigenvalue weighted by Crippen LogP contribution is 2.33. The fourth-order valence-corrected chi connectivity index (χ4v) is 4.09. The molecule has 4 rings (SSSR count). The number of carbonyl (C=O) groups is 3. The summed E-state index contributed by atoms with van der Waals surface area (Å²) in [5, 5.41) is 3.75. The molecule has 0 unspecified atom stereocenters. The Labute approximate surface area is 160 Å². The Hall–Kier alpha value is -3.12. The van der Waals surface area contributed by atoms with E-state index >= 15 is 0 Å². The summed E-state index contributed by atoms with van der Waals surface area (Å²) in [5.41, 5.74) is 1.22. The summed E-state index contributed by atoms with van der Waals surface area (Å²) in [6, 6.07) is 22.2. The van der Waals surface area contributed by atoms with Gasteiger partial charge in [0.05, 0.1) is 5.69 Å². The van der Waals surface area contributed by atoms with E-state index in [1.54, 1.807) is 24.3 Å². The summed E-state index contributed by atoms with van der Waals surface area (Å²) in [4.78, 5) is 38.5. The highest BCUT2D eigenvalue weighted by atomic mass is 32.2. The average Bonchev–Trinajstić information content (AvgIpc) is 2.96. The molecule has 6 heteroatoms. The zero-order valence-electron chi connectivity index (χ0n) is 14.3. The molecule has 0 spiro atoms. The second-order valence-corrected chi connectivity index (χ2v) is 7.31. The summed E-state index contributed by atoms with van der Waals surface area (Å²) in [7, 11) is 0. The molecule has 1 aliphatic heterocycles. The minimum absolute atomic E-state index is 0.0538. The lowest BCUT2D eigenvalue weighted by molar-refractivity contribution is -0.121. The molecular formula is C21H16N2O3S. The van der Waals surface area contributed by atoms with Gasteiger partial charge in [-0.2, -0.15) is 0 Å². The Balaban J connectivity index is 1.49. The number of rotatable bonds is 4. The monoisotopic (exact) mass is 376 g/mol.